The van der Waals surface area contributed by atoms with Gasteiger partial charge in [0.15, 0.2) is 5.52 Å². The molecule has 0 spiro atoms. The molecule has 0 aromatic carbocycles. The number of nitrogens with zero attached hydrogens (tertiary/aromatic N) is 3. The van der Waals surface area contributed by atoms with Crippen molar-refractivity contribution in [1.82, 2.24) is 9.97 Å². The third-order valence-electron chi connectivity index (χ3n) is 3.00. The summed E-state index contributed by atoms with van der Waals surface area (Å²) in [5.41, 5.74) is 2.45. The van der Waals surface area contributed by atoms with Gasteiger partial charge in [-0.25, -0.2) is 15.0 Å². The molecule has 20 heavy (non-hydrogen) atoms. The highest BCUT2D eigenvalue weighted by molar-refractivity contribution is 7.62. The molecule has 0 aliphatic carbocycles. The van der Waals surface area contributed by atoms with Crippen molar-refractivity contribution in [3.8, 4) is 0 Å². The van der Waals surface area contributed by atoms with Gasteiger partial charge in [0.1, 0.15) is 12.0 Å². The molecule has 1 aromatic rings. The topological polar surface area (TPSA) is 64.4 Å². The number of aryl methyl sites for hydroxylation is 1. The van der Waals surface area contributed by atoms with Gasteiger partial charge in [-0.1, -0.05) is 6.92 Å². The van der Waals surface area contributed by atoms with Crippen LogP contribution in [0.25, 0.3) is 0 Å². The number of carbonyl (C=O) groups excluding carboxylic acids is 1. The lowest BCUT2D eigenvalue weighted by Gasteiger charge is -2.13. The van der Waals surface area contributed by atoms with Crippen molar-refractivity contribution in [2.45, 2.75) is 39.3 Å². The zero-order valence-corrected chi connectivity index (χ0v) is 13.5. The van der Waals surface area contributed by atoms with Crippen molar-refractivity contribution in [3.05, 3.63) is 18.2 Å². The number of methoxy groups -OCH3 is 1. The normalized spacial score (nSPS) is 13.9. The summed E-state index contributed by atoms with van der Waals surface area (Å²) < 4.78 is 5.07. The van der Waals surface area contributed by atoms with Crippen molar-refractivity contribution in [2.24, 2.45) is 4.99 Å². The quantitative estimate of drug-likeness (QED) is 0.546. The van der Waals surface area contributed by atoms with E-state index in [1.54, 1.807) is 20.2 Å². The average molecular weight is 295 g/mol. The highest BCUT2D eigenvalue weighted by atomic mass is 31.1. The molecule has 0 N–H and O–H groups in total. The minimum atomic E-state index is 0.108. The lowest BCUT2D eigenvalue weighted by atomic mass is 10.2. The Hall–Kier alpha value is -1.19. The van der Waals surface area contributed by atoms with Crippen molar-refractivity contribution in [1.29, 1.82) is 0 Å². The standard InChI is InChI=1S/C14H22N3O2P/c1-5-12(6-7-19-4)20-14(18)11(3)17-13-8-15-9-16-10(13)2/h8-9,12,20H,5-7H2,1-4H3. The largest absolute Gasteiger partial charge is 0.385 e. The van der Waals surface area contributed by atoms with Gasteiger partial charge in [-0.05, 0) is 40.9 Å². The molecule has 0 amide bonds. The fourth-order valence-corrected chi connectivity index (χ4v) is 2.75. The van der Waals surface area contributed by atoms with Crippen LogP contribution in [-0.4, -0.2) is 40.6 Å². The van der Waals surface area contributed by atoms with Gasteiger partial charge in [0, 0.05) is 13.7 Å². The first kappa shape index (κ1) is 16.9. The number of carbonyl (C=O) groups is 1. The third kappa shape index (κ3) is 5.43. The van der Waals surface area contributed by atoms with Crippen LogP contribution in [0, 0.1) is 6.92 Å². The maximum absolute atomic E-state index is 12.2. The first-order valence-electron chi connectivity index (χ1n) is 6.70. The number of aromatic nitrogens is 2. The average Bonchev–Trinajstić information content (AvgIpc) is 2.45. The second-order valence-electron chi connectivity index (χ2n) is 4.55. The van der Waals surface area contributed by atoms with E-state index in [4.69, 9.17) is 4.74 Å². The summed E-state index contributed by atoms with van der Waals surface area (Å²) in [5, 5.41) is 0. The highest BCUT2D eigenvalue weighted by Gasteiger charge is 2.14. The van der Waals surface area contributed by atoms with E-state index in [1.807, 2.05) is 6.92 Å². The van der Waals surface area contributed by atoms with Crippen LogP contribution < -0.4 is 0 Å². The van der Waals surface area contributed by atoms with E-state index < -0.39 is 0 Å². The van der Waals surface area contributed by atoms with E-state index in [-0.39, 0.29) is 14.1 Å². The molecule has 0 radical (unpaired) electrons. The second-order valence-corrected chi connectivity index (χ2v) is 6.11. The SMILES string of the molecule is CCC(CCOC)PC(=O)C(C)=Nc1cncnc1C. The summed E-state index contributed by atoms with van der Waals surface area (Å²) in [5.74, 6) is 0. The Labute approximate surface area is 122 Å². The number of hydrogen-bond donors (Lipinski definition) is 0. The van der Waals surface area contributed by atoms with E-state index in [1.165, 1.54) is 6.33 Å². The number of aliphatic imine (C=N–C) groups is 1. The van der Waals surface area contributed by atoms with Crippen LogP contribution in [0.3, 0.4) is 0 Å². The minimum Gasteiger partial charge on any atom is -0.385 e. The zero-order valence-electron chi connectivity index (χ0n) is 12.5. The van der Waals surface area contributed by atoms with Gasteiger partial charge in [-0.3, -0.25) is 4.79 Å². The van der Waals surface area contributed by atoms with Crippen LogP contribution in [0.4, 0.5) is 5.69 Å². The minimum absolute atomic E-state index is 0.108. The van der Waals surface area contributed by atoms with Crippen LogP contribution in [0.15, 0.2) is 17.5 Å². The molecule has 5 nitrogen and oxygen atoms in total. The summed E-state index contributed by atoms with van der Waals surface area (Å²) in [7, 11) is 1.93. The zero-order chi connectivity index (χ0) is 15.0. The van der Waals surface area contributed by atoms with Crippen LogP contribution >= 0.6 is 8.58 Å². The molecule has 0 saturated carbocycles. The van der Waals surface area contributed by atoms with E-state index in [0.29, 0.717) is 23.7 Å². The van der Waals surface area contributed by atoms with E-state index in [0.717, 1.165) is 18.5 Å². The Kier molecular flexibility index (Phi) is 7.48. The summed E-state index contributed by atoms with van der Waals surface area (Å²) in [4.78, 5) is 24.5. The van der Waals surface area contributed by atoms with Crippen LogP contribution in [0.1, 0.15) is 32.4 Å². The molecule has 6 heteroatoms. The summed E-state index contributed by atoms with van der Waals surface area (Å²) in [6.45, 7) is 6.40. The molecule has 2 atom stereocenters. The van der Waals surface area contributed by atoms with Crippen molar-refractivity contribution < 1.29 is 9.53 Å². The van der Waals surface area contributed by atoms with Gasteiger partial charge in [-0.2, -0.15) is 0 Å². The lowest BCUT2D eigenvalue weighted by Crippen LogP contribution is -2.11. The van der Waals surface area contributed by atoms with Crippen LogP contribution in [0.5, 0.6) is 0 Å². The van der Waals surface area contributed by atoms with Crippen LogP contribution in [0.2, 0.25) is 0 Å². The second kappa shape index (κ2) is 8.88. The molecule has 0 aliphatic heterocycles. The Morgan fingerprint density at radius 2 is 2.30 bits per heavy atom. The van der Waals surface area contributed by atoms with Crippen molar-refractivity contribution >= 4 is 25.5 Å². The molecule has 1 rings (SSSR count). The maximum atomic E-state index is 12.2. The maximum Gasteiger partial charge on any atom is 0.195 e. The lowest BCUT2D eigenvalue weighted by molar-refractivity contribution is -0.105. The van der Waals surface area contributed by atoms with Crippen LogP contribution in [-0.2, 0) is 9.53 Å². The summed E-state index contributed by atoms with van der Waals surface area (Å²) >= 11 is 0. The third-order valence-corrected chi connectivity index (χ3v) is 4.73. The number of hydrogen-bond acceptors (Lipinski definition) is 5. The summed E-state index contributed by atoms with van der Waals surface area (Å²) in [6, 6.07) is 0. The number of rotatable bonds is 8. The predicted octanol–water partition coefficient (Wildman–Crippen LogP) is 2.90. The van der Waals surface area contributed by atoms with Gasteiger partial charge in [0.25, 0.3) is 0 Å². The fraction of sp³-hybridized carbons (Fsp3) is 0.571. The van der Waals surface area contributed by atoms with Gasteiger partial charge in [-0.15, -0.1) is 0 Å². The Morgan fingerprint density at radius 1 is 1.55 bits per heavy atom. The molecule has 0 bridgehead atoms. The molecule has 1 heterocycles. The highest BCUT2D eigenvalue weighted by Crippen LogP contribution is 2.27. The van der Waals surface area contributed by atoms with Gasteiger partial charge < -0.3 is 4.74 Å². The van der Waals surface area contributed by atoms with Crippen molar-refractivity contribution in [2.75, 3.05) is 13.7 Å². The Balaban J connectivity index is 2.69. The van der Waals surface area contributed by atoms with E-state index in [2.05, 4.69) is 21.9 Å². The molecule has 0 aliphatic rings. The molecule has 0 fully saturated rings. The molecule has 0 saturated heterocycles. The smallest absolute Gasteiger partial charge is 0.195 e. The van der Waals surface area contributed by atoms with Gasteiger partial charge in [0.05, 0.1) is 17.6 Å². The van der Waals surface area contributed by atoms with Gasteiger partial charge in [0.2, 0.25) is 0 Å². The molecule has 1 aromatic heterocycles. The molecule has 2 unspecified atom stereocenters. The first-order chi connectivity index (χ1) is 9.58. The summed E-state index contributed by atoms with van der Waals surface area (Å²) in [6.07, 6.45) is 5.00. The molecule has 110 valence electrons. The van der Waals surface area contributed by atoms with Crippen molar-refractivity contribution in [3.63, 3.8) is 0 Å². The first-order valence-corrected chi connectivity index (χ1v) is 7.77. The van der Waals surface area contributed by atoms with Gasteiger partial charge >= 0.3 is 0 Å². The Bertz CT molecular complexity index is 477. The number of ether oxygens (including phenoxy) is 1. The molecular formula is C14H22N3O2P. The molecular weight excluding hydrogens is 273 g/mol. The van der Waals surface area contributed by atoms with E-state index >= 15 is 0 Å². The fourth-order valence-electron chi connectivity index (χ4n) is 1.65. The van der Waals surface area contributed by atoms with E-state index in [9.17, 15) is 4.79 Å². The predicted molar refractivity (Wildman–Crippen MR) is 83.4 cm³/mol. The Morgan fingerprint density at radius 3 is 2.90 bits per heavy atom. The monoisotopic (exact) mass is 295 g/mol.